The van der Waals surface area contributed by atoms with Crippen molar-refractivity contribution in [1.29, 1.82) is 0 Å². The number of halogens is 3. The van der Waals surface area contributed by atoms with E-state index in [1.54, 1.807) is 13.1 Å². The number of benzene rings is 1. The van der Waals surface area contributed by atoms with Gasteiger partial charge < -0.3 is 20.7 Å². The molecule has 5 nitrogen and oxygen atoms in total. The van der Waals surface area contributed by atoms with Gasteiger partial charge in [0.2, 0.25) is 0 Å². The van der Waals surface area contributed by atoms with Crippen LogP contribution in [0, 0.1) is 5.82 Å². The molecule has 2 atom stereocenters. The molecule has 1 aromatic carbocycles. The number of nitrogen functional groups attached to an aromatic ring is 1. The van der Waals surface area contributed by atoms with Crippen molar-refractivity contribution in [3.63, 3.8) is 0 Å². The molecule has 0 saturated carbocycles. The normalized spacial score (nSPS) is 20.7. The van der Waals surface area contributed by atoms with Crippen molar-refractivity contribution in [3.8, 4) is 5.75 Å². The van der Waals surface area contributed by atoms with Crippen molar-refractivity contribution >= 4 is 34.6 Å². The molecule has 0 bridgehead atoms. The molecule has 2 aromatic rings. The summed E-state index contributed by atoms with van der Waals surface area (Å²) < 4.78 is 20.0. The maximum Gasteiger partial charge on any atom is 0.166 e. The first-order valence-corrected chi connectivity index (χ1v) is 12.1. The van der Waals surface area contributed by atoms with Crippen molar-refractivity contribution in [2.24, 2.45) is 0 Å². The van der Waals surface area contributed by atoms with Gasteiger partial charge in [-0.15, -0.1) is 0 Å². The first kappa shape index (κ1) is 24.6. The molecular weight excluding hydrogens is 474 g/mol. The summed E-state index contributed by atoms with van der Waals surface area (Å²) in [5.41, 5.74) is 11.0. The number of pyridine rings is 1. The van der Waals surface area contributed by atoms with E-state index in [-0.39, 0.29) is 10.8 Å². The first-order valence-electron chi connectivity index (χ1n) is 11.4. The lowest BCUT2D eigenvalue weighted by molar-refractivity contribution is 0.222. The number of hydrogen-bond donors (Lipinski definition) is 2. The minimum absolute atomic E-state index is 0.0610. The number of nitrogens with one attached hydrogen (secondary N) is 1. The van der Waals surface area contributed by atoms with Gasteiger partial charge in [-0.25, -0.2) is 9.37 Å². The second-order valence-corrected chi connectivity index (χ2v) is 9.46. The molecular formula is C26H29Cl2FN4O. The summed E-state index contributed by atoms with van der Waals surface area (Å²) in [6.07, 6.45) is 8.39. The molecule has 2 aliphatic rings. The lowest BCUT2D eigenvalue weighted by Crippen LogP contribution is -2.48. The van der Waals surface area contributed by atoms with Crippen molar-refractivity contribution in [2.45, 2.75) is 39.3 Å². The monoisotopic (exact) mass is 502 g/mol. The molecule has 4 rings (SSSR count). The van der Waals surface area contributed by atoms with Crippen molar-refractivity contribution in [2.75, 3.05) is 25.4 Å². The van der Waals surface area contributed by atoms with Crippen LogP contribution >= 0.6 is 23.2 Å². The Bertz CT molecular complexity index is 1180. The molecule has 0 amide bonds. The van der Waals surface area contributed by atoms with Crippen molar-refractivity contribution < 1.29 is 9.13 Å². The zero-order valence-electron chi connectivity index (χ0n) is 19.5. The minimum Gasteiger partial charge on any atom is -0.482 e. The minimum atomic E-state index is -0.621. The van der Waals surface area contributed by atoms with E-state index < -0.39 is 11.9 Å². The number of rotatable bonds is 5. The smallest absolute Gasteiger partial charge is 0.166 e. The number of anilines is 1. The molecule has 180 valence electrons. The molecule has 8 heteroatoms. The van der Waals surface area contributed by atoms with Crippen LogP contribution in [0.25, 0.3) is 5.57 Å². The molecule has 1 saturated heterocycles. The highest BCUT2D eigenvalue weighted by Gasteiger charge is 2.22. The largest absolute Gasteiger partial charge is 0.482 e. The van der Waals surface area contributed by atoms with Gasteiger partial charge in [0.05, 0.1) is 5.02 Å². The SMILES string of the molecule is CC(=C1C=CC(c2cnc(N)c(OC(C)c3c(Cl)ccc(F)c3Cl)c2)=CC1)N1CCNCC1C. The van der Waals surface area contributed by atoms with E-state index in [1.807, 2.05) is 6.07 Å². The fourth-order valence-electron chi connectivity index (χ4n) is 4.42. The lowest BCUT2D eigenvalue weighted by atomic mass is 9.96. The van der Waals surface area contributed by atoms with E-state index in [0.29, 0.717) is 22.4 Å². The standard InChI is InChI=1S/C26H29Cl2FN4O/c1-15-13-31-10-11-33(15)16(2)18-4-6-19(7-5-18)20-12-23(26(30)32-14-20)34-17(3)24-21(27)8-9-22(29)25(24)28/h4,6-9,12,14-15,17,31H,5,10-11,13H2,1-3H3,(H2,30,32). The summed E-state index contributed by atoms with van der Waals surface area (Å²) in [4.78, 5) is 6.78. The molecule has 0 radical (unpaired) electrons. The topological polar surface area (TPSA) is 63.4 Å². The maximum absolute atomic E-state index is 14.0. The Kier molecular flexibility index (Phi) is 7.51. The third-order valence-electron chi connectivity index (χ3n) is 6.41. The average molecular weight is 503 g/mol. The van der Waals surface area contributed by atoms with Crippen LogP contribution in [0.5, 0.6) is 5.75 Å². The van der Waals surface area contributed by atoms with E-state index in [9.17, 15) is 4.39 Å². The number of allylic oxidation sites excluding steroid dienone is 6. The second-order valence-electron chi connectivity index (χ2n) is 8.68. The molecule has 1 fully saturated rings. The summed E-state index contributed by atoms with van der Waals surface area (Å²) in [5, 5.41) is 3.70. The van der Waals surface area contributed by atoms with E-state index in [0.717, 1.165) is 37.2 Å². The van der Waals surface area contributed by atoms with E-state index in [4.69, 9.17) is 33.7 Å². The summed E-state index contributed by atoms with van der Waals surface area (Å²) in [7, 11) is 0. The number of nitrogens with two attached hydrogens (primary N) is 1. The predicted octanol–water partition coefficient (Wildman–Crippen LogP) is 6.16. The fourth-order valence-corrected chi connectivity index (χ4v) is 5.10. The third-order valence-corrected chi connectivity index (χ3v) is 7.12. The van der Waals surface area contributed by atoms with Gasteiger partial charge in [-0.05, 0) is 56.5 Å². The van der Waals surface area contributed by atoms with E-state index in [1.165, 1.54) is 23.4 Å². The lowest BCUT2D eigenvalue weighted by Gasteiger charge is -2.37. The molecule has 3 N–H and O–H groups in total. The summed E-state index contributed by atoms with van der Waals surface area (Å²) in [6, 6.07) is 5.01. The van der Waals surface area contributed by atoms with Gasteiger partial charge in [0, 0.05) is 53.7 Å². The van der Waals surface area contributed by atoms with Crippen LogP contribution in [-0.4, -0.2) is 35.6 Å². The average Bonchev–Trinajstić information content (AvgIpc) is 2.83. The van der Waals surface area contributed by atoms with Crippen LogP contribution in [-0.2, 0) is 0 Å². The Morgan fingerprint density at radius 2 is 2.12 bits per heavy atom. The van der Waals surface area contributed by atoms with Gasteiger partial charge in [0.15, 0.2) is 11.6 Å². The number of nitrogens with zero attached hydrogens (tertiary/aromatic N) is 2. The van der Waals surface area contributed by atoms with Crippen molar-refractivity contribution in [1.82, 2.24) is 15.2 Å². The molecule has 2 heterocycles. The first-order chi connectivity index (χ1) is 16.3. The van der Waals surface area contributed by atoms with Crippen molar-refractivity contribution in [3.05, 3.63) is 80.9 Å². The van der Waals surface area contributed by atoms with Crippen LogP contribution in [0.3, 0.4) is 0 Å². The highest BCUT2D eigenvalue weighted by molar-refractivity contribution is 6.36. The predicted molar refractivity (Wildman–Crippen MR) is 138 cm³/mol. The number of ether oxygens (including phenoxy) is 1. The van der Waals surface area contributed by atoms with E-state index >= 15 is 0 Å². The Morgan fingerprint density at radius 1 is 1.32 bits per heavy atom. The van der Waals surface area contributed by atoms with Gasteiger partial charge in [-0.2, -0.15) is 0 Å². The maximum atomic E-state index is 14.0. The molecule has 34 heavy (non-hydrogen) atoms. The Balaban J connectivity index is 1.54. The molecule has 1 aliphatic heterocycles. The highest BCUT2D eigenvalue weighted by atomic mass is 35.5. The van der Waals surface area contributed by atoms with E-state index in [2.05, 4.69) is 47.3 Å². The second kappa shape index (κ2) is 10.4. The zero-order valence-corrected chi connectivity index (χ0v) is 21.1. The number of piperazine rings is 1. The third kappa shape index (κ3) is 5.09. The van der Waals surface area contributed by atoms with Crippen LogP contribution in [0.1, 0.15) is 44.4 Å². The number of aromatic nitrogens is 1. The van der Waals surface area contributed by atoms with Crippen LogP contribution < -0.4 is 15.8 Å². The van der Waals surface area contributed by atoms with Gasteiger partial charge in [-0.3, -0.25) is 0 Å². The van der Waals surface area contributed by atoms with Crippen LogP contribution in [0.15, 0.2) is 53.9 Å². The van der Waals surface area contributed by atoms with Gasteiger partial charge >= 0.3 is 0 Å². The molecule has 0 spiro atoms. The quantitative estimate of drug-likeness (QED) is 0.479. The zero-order chi connectivity index (χ0) is 24.4. The van der Waals surface area contributed by atoms with Gasteiger partial charge in [0.25, 0.3) is 0 Å². The molecule has 1 aromatic heterocycles. The Hall–Kier alpha value is -2.54. The Morgan fingerprint density at radius 3 is 2.82 bits per heavy atom. The van der Waals surface area contributed by atoms with Crippen LogP contribution in [0.4, 0.5) is 10.2 Å². The highest BCUT2D eigenvalue weighted by Crippen LogP contribution is 2.37. The summed E-state index contributed by atoms with van der Waals surface area (Å²) in [5.74, 6) is 0.0786. The van der Waals surface area contributed by atoms with Crippen LogP contribution in [0.2, 0.25) is 10.0 Å². The molecule has 1 aliphatic carbocycles. The Labute approximate surface area is 210 Å². The van der Waals surface area contributed by atoms with Gasteiger partial charge in [-0.1, -0.05) is 41.4 Å². The molecule has 2 unspecified atom stereocenters. The fraction of sp³-hybridized carbons (Fsp3) is 0.346. The summed E-state index contributed by atoms with van der Waals surface area (Å²) >= 11 is 12.4. The number of hydrogen-bond acceptors (Lipinski definition) is 5. The van der Waals surface area contributed by atoms with Gasteiger partial charge in [0.1, 0.15) is 11.9 Å². The summed E-state index contributed by atoms with van der Waals surface area (Å²) in [6.45, 7) is 9.21.